The van der Waals surface area contributed by atoms with E-state index in [1.807, 2.05) is 6.92 Å². The molecule has 0 heterocycles. The monoisotopic (exact) mass is 342 g/mol. The van der Waals surface area contributed by atoms with Crippen LogP contribution in [0.1, 0.15) is 104 Å². The van der Waals surface area contributed by atoms with E-state index in [1.54, 1.807) is 0 Å². The fourth-order valence-electron chi connectivity index (χ4n) is 2.50. The summed E-state index contributed by atoms with van der Waals surface area (Å²) in [7, 11) is 0. The van der Waals surface area contributed by atoms with Crippen molar-refractivity contribution in [2.24, 2.45) is 0 Å². The van der Waals surface area contributed by atoms with Crippen molar-refractivity contribution < 1.29 is 19.1 Å². The summed E-state index contributed by atoms with van der Waals surface area (Å²) in [5.74, 6) is -0.276. The molecule has 0 aromatic rings. The molecule has 0 radical (unpaired) electrons. The predicted octanol–water partition coefficient (Wildman–Crippen LogP) is 5.57. The lowest BCUT2D eigenvalue weighted by Gasteiger charge is -2.13. The minimum absolute atomic E-state index is 0.138. The Bertz CT molecular complexity index is 315. The highest BCUT2D eigenvalue weighted by molar-refractivity contribution is 5.69. The average molecular weight is 343 g/mol. The highest BCUT2D eigenvalue weighted by Crippen LogP contribution is 2.09. The molecule has 0 rings (SSSR count). The van der Waals surface area contributed by atoms with E-state index in [1.165, 1.54) is 38.5 Å². The van der Waals surface area contributed by atoms with Gasteiger partial charge in [0.2, 0.25) is 0 Å². The molecule has 0 saturated heterocycles. The van der Waals surface area contributed by atoms with Crippen LogP contribution in [-0.4, -0.2) is 24.6 Å². The van der Waals surface area contributed by atoms with E-state index in [0.29, 0.717) is 25.9 Å². The molecule has 0 aliphatic carbocycles. The maximum absolute atomic E-state index is 11.7. The largest absolute Gasteiger partial charge is 0.466 e. The Morgan fingerprint density at radius 2 is 1.25 bits per heavy atom. The number of ether oxygens (including phenoxy) is 2. The second kappa shape index (κ2) is 16.8. The Hall–Kier alpha value is -1.06. The second-order valence-electron chi connectivity index (χ2n) is 6.64. The fourth-order valence-corrected chi connectivity index (χ4v) is 2.50. The minimum Gasteiger partial charge on any atom is -0.466 e. The Morgan fingerprint density at radius 1 is 0.750 bits per heavy atom. The van der Waals surface area contributed by atoms with Crippen LogP contribution in [0.4, 0.5) is 0 Å². The van der Waals surface area contributed by atoms with Gasteiger partial charge in [-0.3, -0.25) is 9.59 Å². The molecule has 0 amide bonds. The van der Waals surface area contributed by atoms with Crippen LogP contribution in [0.15, 0.2) is 0 Å². The van der Waals surface area contributed by atoms with E-state index < -0.39 is 0 Å². The second-order valence-corrected chi connectivity index (χ2v) is 6.64. The van der Waals surface area contributed by atoms with Gasteiger partial charge in [-0.2, -0.15) is 0 Å². The smallest absolute Gasteiger partial charge is 0.306 e. The Morgan fingerprint density at radius 3 is 1.79 bits per heavy atom. The molecular weight excluding hydrogens is 304 g/mol. The van der Waals surface area contributed by atoms with Gasteiger partial charge in [0.25, 0.3) is 0 Å². The predicted molar refractivity (Wildman–Crippen MR) is 97.9 cm³/mol. The zero-order valence-corrected chi connectivity index (χ0v) is 16.1. The molecule has 142 valence electrons. The molecule has 24 heavy (non-hydrogen) atoms. The summed E-state index contributed by atoms with van der Waals surface area (Å²) in [6, 6.07) is 0. The number of carbonyl (C=O) groups is 2. The molecule has 0 saturated carbocycles. The van der Waals surface area contributed by atoms with E-state index in [2.05, 4.69) is 13.8 Å². The Kier molecular flexibility index (Phi) is 16.0. The molecule has 0 aromatic carbocycles. The summed E-state index contributed by atoms with van der Waals surface area (Å²) in [4.78, 5) is 23.3. The molecule has 0 unspecified atom stereocenters. The third kappa shape index (κ3) is 15.8. The zero-order chi connectivity index (χ0) is 18.0. The van der Waals surface area contributed by atoms with Crippen molar-refractivity contribution in [1.82, 2.24) is 0 Å². The topological polar surface area (TPSA) is 52.6 Å². The van der Waals surface area contributed by atoms with Crippen LogP contribution in [0.25, 0.3) is 0 Å². The summed E-state index contributed by atoms with van der Waals surface area (Å²) in [5, 5.41) is 0. The standard InChI is InChI=1S/C20H38O4/c1-4-6-8-10-12-14-19(21)23-17-16-18(3)24-20(22)15-13-11-9-7-5-2/h18H,4-17H2,1-3H3/t18-/m0/s1. The zero-order valence-electron chi connectivity index (χ0n) is 16.1. The molecule has 0 bridgehead atoms. The lowest BCUT2D eigenvalue weighted by atomic mass is 10.1. The summed E-state index contributed by atoms with van der Waals surface area (Å²) >= 11 is 0. The van der Waals surface area contributed by atoms with Crippen LogP contribution in [0.5, 0.6) is 0 Å². The number of rotatable bonds is 16. The number of carbonyl (C=O) groups excluding carboxylic acids is 2. The van der Waals surface area contributed by atoms with Crippen molar-refractivity contribution in [2.75, 3.05) is 6.61 Å². The van der Waals surface area contributed by atoms with Gasteiger partial charge in [0.15, 0.2) is 0 Å². The maximum Gasteiger partial charge on any atom is 0.306 e. The first-order valence-electron chi connectivity index (χ1n) is 9.95. The van der Waals surface area contributed by atoms with E-state index in [0.717, 1.165) is 25.7 Å². The molecule has 0 aromatic heterocycles. The summed E-state index contributed by atoms with van der Waals surface area (Å²) in [5.41, 5.74) is 0. The highest BCUT2D eigenvalue weighted by Gasteiger charge is 2.10. The molecule has 0 aliphatic rings. The number of hydrogen-bond donors (Lipinski definition) is 0. The summed E-state index contributed by atoms with van der Waals surface area (Å²) in [6.07, 6.45) is 12.6. The van der Waals surface area contributed by atoms with E-state index in [-0.39, 0.29) is 18.0 Å². The molecule has 0 fully saturated rings. The van der Waals surface area contributed by atoms with Crippen molar-refractivity contribution in [2.45, 2.75) is 110 Å². The first-order valence-corrected chi connectivity index (χ1v) is 9.95. The molecule has 1 atom stereocenters. The first-order chi connectivity index (χ1) is 11.6. The molecular formula is C20H38O4. The third-order valence-corrected chi connectivity index (χ3v) is 4.09. The van der Waals surface area contributed by atoms with Gasteiger partial charge < -0.3 is 9.47 Å². The van der Waals surface area contributed by atoms with Gasteiger partial charge >= 0.3 is 11.9 Å². The number of unbranched alkanes of at least 4 members (excludes halogenated alkanes) is 8. The van der Waals surface area contributed by atoms with Gasteiger partial charge in [0.05, 0.1) is 6.61 Å². The highest BCUT2D eigenvalue weighted by atomic mass is 16.6. The van der Waals surface area contributed by atoms with E-state index >= 15 is 0 Å². The van der Waals surface area contributed by atoms with Crippen molar-refractivity contribution in [3.63, 3.8) is 0 Å². The molecule has 0 aliphatic heterocycles. The normalized spacial score (nSPS) is 12.0. The quantitative estimate of drug-likeness (QED) is 0.272. The van der Waals surface area contributed by atoms with Gasteiger partial charge in [-0.15, -0.1) is 0 Å². The van der Waals surface area contributed by atoms with Crippen LogP contribution < -0.4 is 0 Å². The Labute approximate surface area is 148 Å². The van der Waals surface area contributed by atoms with Gasteiger partial charge in [0.1, 0.15) is 6.10 Å². The van der Waals surface area contributed by atoms with Crippen LogP contribution in [-0.2, 0) is 19.1 Å². The lowest BCUT2D eigenvalue weighted by Crippen LogP contribution is -2.18. The Balaban J connectivity index is 3.51. The van der Waals surface area contributed by atoms with Crippen LogP contribution in [0.3, 0.4) is 0 Å². The SMILES string of the molecule is CCCCCCCC(=O)OCC[C@H](C)OC(=O)CCCCCCC. The van der Waals surface area contributed by atoms with Crippen molar-refractivity contribution >= 4 is 11.9 Å². The summed E-state index contributed by atoms with van der Waals surface area (Å²) in [6.45, 7) is 6.54. The van der Waals surface area contributed by atoms with Crippen LogP contribution in [0, 0.1) is 0 Å². The maximum atomic E-state index is 11.7. The van der Waals surface area contributed by atoms with Gasteiger partial charge in [0, 0.05) is 19.3 Å². The first kappa shape index (κ1) is 22.9. The summed E-state index contributed by atoms with van der Waals surface area (Å²) < 4.78 is 10.5. The number of esters is 2. The molecule has 4 heteroatoms. The van der Waals surface area contributed by atoms with Crippen molar-refractivity contribution in [3.8, 4) is 0 Å². The average Bonchev–Trinajstić information content (AvgIpc) is 2.54. The molecule has 0 N–H and O–H groups in total. The molecule has 0 spiro atoms. The van der Waals surface area contributed by atoms with Crippen molar-refractivity contribution in [3.05, 3.63) is 0 Å². The van der Waals surface area contributed by atoms with E-state index in [9.17, 15) is 9.59 Å². The number of hydrogen-bond acceptors (Lipinski definition) is 4. The van der Waals surface area contributed by atoms with Crippen LogP contribution in [0.2, 0.25) is 0 Å². The van der Waals surface area contributed by atoms with Crippen molar-refractivity contribution in [1.29, 1.82) is 0 Å². The van der Waals surface area contributed by atoms with Gasteiger partial charge in [-0.25, -0.2) is 0 Å². The third-order valence-electron chi connectivity index (χ3n) is 4.09. The lowest BCUT2D eigenvalue weighted by molar-refractivity contribution is -0.150. The van der Waals surface area contributed by atoms with Gasteiger partial charge in [-0.05, 0) is 19.8 Å². The van der Waals surface area contributed by atoms with E-state index in [4.69, 9.17) is 9.47 Å². The van der Waals surface area contributed by atoms with Gasteiger partial charge in [-0.1, -0.05) is 65.2 Å². The molecule has 4 nitrogen and oxygen atoms in total. The fraction of sp³-hybridized carbons (Fsp3) is 0.900. The minimum atomic E-state index is -0.189. The van der Waals surface area contributed by atoms with Crippen LogP contribution >= 0.6 is 0 Å².